The molecule has 1 aromatic carbocycles. The Morgan fingerprint density at radius 1 is 1.36 bits per heavy atom. The van der Waals surface area contributed by atoms with Gasteiger partial charge in [0, 0.05) is 25.7 Å². The van der Waals surface area contributed by atoms with E-state index in [4.69, 9.17) is 4.74 Å². The van der Waals surface area contributed by atoms with Crippen molar-refractivity contribution in [2.45, 2.75) is 45.8 Å². The molecule has 1 aliphatic carbocycles. The van der Waals surface area contributed by atoms with E-state index in [0.717, 1.165) is 38.0 Å². The van der Waals surface area contributed by atoms with Crippen LogP contribution in [0.25, 0.3) is 0 Å². The molecule has 0 saturated heterocycles. The van der Waals surface area contributed by atoms with Crippen molar-refractivity contribution in [3.63, 3.8) is 0 Å². The van der Waals surface area contributed by atoms with E-state index < -0.39 is 0 Å². The van der Waals surface area contributed by atoms with Crippen LogP contribution in [0, 0.1) is 5.92 Å². The third-order valence-electron chi connectivity index (χ3n) is 3.99. The van der Waals surface area contributed by atoms with Crippen LogP contribution in [0.1, 0.15) is 45.3 Å². The predicted octanol–water partition coefficient (Wildman–Crippen LogP) is 3.12. The monoisotopic (exact) mass is 303 g/mol. The van der Waals surface area contributed by atoms with E-state index in [1.807, 2.05) is 18.2 Å². The molecule has 1 aliphatic rings. The third-order valence-corrected chi connectivity index (χ3v) is 3.99. The molecule has 2 N–H and O–H groups in total. The van der Waals surface area contributed by atoms with E-state index in [1.54, 1.807) is 0 Å². The fourth-order valence-corrected chi connectivity index (χ4v) is 2.35. The zero-order valence-corrected chi connectivity index (χ0v) is 14.0. The number of hydrogen-bond acceptors (Lipinski definition) is 2. The van der Waals surface area contributed by atoms with Crippen LogP contribution in [0.4, 0.5) is 0 Å². The predicted molar refractivity (Wildman–Crippen MR) is 92.1 cm³/mol. The second-order valence-corrected chi connectivity index (χ2v) is 6.00. The highest BCUT2D eigenvalue weighted by molar-refractivity contribution is 5.80. The van der Waals surface area contributed by atoms with E-state index >= 15 is 0 Å². The topological polar surface area (TPSA) is 45.7 Å². The zero-order valence-electron chi connectivity index (χ0n) is 14.0. The van der Waals surface area contributed by atoms with Crippen molar-refractivity contribution in [3.8, 4) is 0 Å². The zero-order chi connectivity index (χ0) is 15.8. The summed E-state index contributed by atoms with van der Waals surface area (Å²) in [5.41, 5.74) is 1.23. The van der Waals surface area contributed by atoms with Gasteiger partial charge in [0.1, 0.15) is 0 Å². The van der Waals surface area contributed by atoms with Gasteiger partial charge in [0.25, 0.3) is 0 Å². The average Bonchev–Trinajstić information content (AvgIpc) is 3.22. The Morgan fingerprint density at radius 3 is 2.73 bits per heavy atom. The SMILES string of the molecule is CCNC(=NCCCOC(C)c1ccccc1)NC1CC1C. The number of nitrogens with one attached hydrogen (secondary N) is 2. The standard InChI is InChI=1S/C18H29N3O/c1-4-19-18(21-17-13-14(17)2)20-11-8-12-22-15(3)16-9-6-5-7-10-16/h5-7,9-10,14-15,17H,4,8,11-13H2,1-3H3,(H2,19,20,21). The second kappa shape index (κ2) is 8.79. The van der Waals surface area contributed by atoms with Crippen molar-refractivity contribution in [1.82, 2.24) is 10.6 Å². The fourth-order valence-electron chi connectivity index (χ4n) is 2.35. The van der Waals surface area contributed by atoms with Crippen LogP contribution in [0.3, 0.4) is 0 Å². The van der Waals surface area contributed by atoms with Gasteiger partial charge in [-0.2, -0.15) is 0 Å². The van der Waals surface area contributed by atoms with E-state index in [2.05, 4.69) is 48.5 Å². The van der Waals surface area contributed by atoms with Crippen LogP contribution in [0.5, 0.6) is 0 Å². The van der Waals surface area contributed by atoms with Crippen molar-refractivity contribution < 1.29 is 4.74 Å². The minimum Gasteiger partial charge on any atom is -0.374 e. The highest BCUT2D eigenvalue weighted by atomic mass is 16.5. The maximum Gasteiger partial charge on any atom is 0.191 e. The molecule has 0 aromatic heterocycles. The van der Waals surface area contributed by atoms with Crippen molar-refractivity contribution in [2.75, 3.05) is 19.7 Å². The number of rotatable bonds is 8. The molecule has 0 radical (unpaired) electrons. The highest BCUT2D eigenvalue weighted by Crippen LogP contribution is 2.28. The van der Waals surface area contributed by atoms with Gasteiger partial charge in [0.05, 0.1) is 6.10 Å². The van der Waals surface area contributed by atoms with Gasteiger partial charge in [-0.15, -0.1) is 0 Å². The molecule has 3 atom stereocenters. The lowest BCUT2D eigenvalue weighted by Crippen LogP contribution is -2.39. The number of guanidine groups is 1. The molecule has 3 unspecified atom stereocenters. The summed E-state index contributed by atoms with van der Waals surface area (Å²) in [5, 5.41) is 6.76. The van der Waals surface area contributed by atoms with E-state index in [-0.39, 0.29) is 6.10 Å². The van der Waals surface area contributed by atoms with Crippen LogP contribution in [0.2, 0.25) is 0 Å². The summed E-state index contributed by atoms with van der Waals surface area (Å²) in [6.45, 7) is 8.88. The summed E-state index contributed by atoms with van der Waals surface area (Å²) in [7, 11) is 0. The van der Waals surface area contributed by atoms with Gasteiger partial charge in [0.15, 0.2) is 5.96 Å². The van der Waals surface area contributed by atoms with Crippen LogP contribution >= 0.6 is 0 Å². The van der Waals surface area contributed by atoms with Crippen LogP contribution in [-0.2, 0) is 4.74 Å². The quantitative estimate of drug-likeness (QED) is 0.441. The average molecular weight is 303 g/mol. The third kappa shape index (κ3) is 5.68. The Balaban J connectivity index is 1.65. The summed E-state index contributed by atoms with van der Waals surface area (Å²) in [6, 6.07) is 10.9. The molecule has 1 saturated carbocycles. The first kappa shape index (κ1) is 16.8. The van der Waals surface area contributed by atoms with Gasteiger partial charge in [-0.25, -0.2) is 0 Å². The van der Waals surface area contributed by atoms with Crippen molar-refractivity contribution in [3.05, 3.63) is 35.9 Å². The molecule has 1 fully saturated rings. The maximum atomic E-state index is 5.87. The Morgan fingerprint density at radius 2 is 2.09 bits per heavy atom. The Bertz CT molecular complexity index is 461. The highest BCUT2D eigenvalue weighted by Gasteiger charge is 2.33. The summed E-state index contributed by atoms with van der Waals surface area (Å²) >= 11 is 0. The van der Waals surface area contributed by atoms with Gasteiger partial charge < -0.3 is 15.4 Å². The molecule has 0 bridgehead atoms. The molecule has 0 spiro atoms. The van der Waals surface area contributed by atoms with Gasteiger partial charge in [-0.05, 0) is 38.2 Å². The normalized spacial score (nSPS) is 22.2. The molecular weight excluding hydrogens is 274 g/mol. The van der Waals surface area contributed by atoms with Crippen molar-refractivity contribution in [2.24, 2.45) is 10.9 Å². The van der Waals surface area contributed by atoms with Crippen LogP contribution in [0.15, 0.2) is 35.3 Å². The van der Waals surface area contributed by atoms with Crippen LogP contribution < -0.4 is 10.6 Å². The number of ether oxygens (including phenoxy) is 1. The number of nitrogens with zero attached hydrogens (tertiary/aromatic N) is 1. The first-order valence-corrected chi connectivity index (χ1v) is 8.42. The lowest BCUT2D eigenvalue weighted by atomic mass is 10.1. The lowest BCUT2D eigenvalue weighted by molar-refractivity contribution is 0.0652. The largest absolute Gasteiger partial charge is 0.374 e. The lowest BCUT2D eigenvalue weighted by Gasteiger charge is -2.13. The first-order valence-electron chi connectivity index (χ1n) is 8.42. The number of hydrogen-bond donors (Lipinski definition) is 2. The number of benzene rings is 1. The molecule has 0 aliphatic heterocycles. The molecule has 4 nitrogen and oxygen atoms in total. The second-order valence-electron chi connectivity index (χ2n) is 6.00. The smallest absolute Gasteiger partial charge is 0.191 e. The Hall–Kier alpha value is -1.55. The number of aliphatic imine (C=N–C) groups is 1. The molecule has 22 heavy (non-hydrogen) atoms. The van der Waals surface area contributed by atoms with Crippen LogP contribution in [-0.4, -0.2) is 31.7 Å². The molecule has 1 aromatic rings. The first-order chi connectivity index (χ1) is 10.7. The fraction of sp³-hybridized carbons (Fsp3) is 0.611. The van der Waals surface area contributed by atoms with Gasteiger partial charge in [0.2, 0.25) is 0 Å². The maximum absolute atomic E-state index is 5.87. The molecule has 0 heterocycles. The summed E-state index contributed by atoms with van der Waals surface area (Å²) in [5.74, 6) is 1.71. The van der Waals surface area contributed by atoms with E-state index in [0.29, 0.717) is 6.04 Å². The van der Waals surface area contributed by atoms with Gasteiger partial charge in [-0.3, -0.25) is 4.99 Å². The minimum absolute atomic E-state index is 0.142. The Kier molecular flexibility index (Phi) is 6.72. The van der Waals surface area contributed by atoms with Gasteiger partial charge >= 0.3 is 0 Å². The van der Waals surface area contributed by atoms with E-state index in [1.165, 1.54) is 12.0 Å². The summed E-state index contributed by atoms with van der Waals surface area (Å²) in [6.07, 6.45) is 2.33. The summed E-state index contributed by atoms with van der Waals surface area (Å²) in [4.78, 5) is 4.61. The molecule has 0 amide bonds. The molecule has 122 valence electrons. The summed E-state index contributed by atoms with van der Waals surface area (Å²) < 4.78 is 5.87. The van der Waals surface area contributed by atoms with Crippen molar-refractivity contribution in [1.29, 1.82) is 0 Å². The van der Waals surface area contributed by atoms with Crippen molar-refractivity contribution >= 4 is 5.96 Å². The molecule has 2 rings (SSSR count). The molecule has 4 heteroatoms. The molecular formula is C18H29N3O. The van der Waals surface area contributed by atoms with E-state index in [9.17, 15) is 0 Å². The Labute approximate surface area is 134 Å². The minimum atomic E-state index is 0.142. The van der Waals surface area contributed by atoms with Gasteiger partial charge in [-0.1, -0.05) is 37.3 Å².